The van der Waals surface area contributed by atoms with Gasteiger partial charge in [0.15, 0.2) is 11.6 Å². The summed E-state index contributed by atoms with van der Waals surface area (Å²) in [5.74, 6) is -1.74. The Labute approximate surface area is 709 Å². The third kappa shape index (κ3) is 24.4. The minimum Gasteiger partial charge on any atom is -0.444 e. The van der Waals surface area contributed by atoms with Crippen LogP contribution >= 0.6 is 31.3 Å². The number of hydrogen-bond donors (Lipinski definition) is 4. The molecule has 10 aromatic rings. The molecule has 0 saturated carbocycles. The van der Waals surface area contributed by atoms with Crippen molar-refractivity contribution in [2.75, 3.05) is 23.1 Å². The van der Waals surface area contributed by atoms with Crippen molar-refractivity contribution in [2.24, 2.45) is 4.99 Å². The summed E-state index contributed by atoms with van der Waals surface area (Å²) in [6.45, 7) is 10.5. The second-order valence-corrected chi connectivity index (χ2v) is 32.8. The first-order chi connectivity index (χ1) is 58.1. The molecule has 0 saturated heterocycles. The van der Waals surface area contributed by atoms with Crippen LogP contribution in [0.1, 0.15) is 129 Å². The van der Waals surface area contributed by atoms with E-state index in [9.17, 15) is 113 Å². The molecule has 37 heteroatoms. The molecule has 4 N–H and O–H groups in total. The number of carbonyl (C=O) groups is 4. The molecule has 13 rings (SSSR count). The topological polar surface area (TPSA) is 239 Å². The van der Waals surface area contributed by atoms with E-state index >= 15 is 0 Å². The number of alkyl carbamates (subject to hydrolysis) is 1. The Hall–Kier alpha value is -12.2. The van der Waals surface area contributed by atoms with Crippen LogP contribution in [0.4, 0.5) is 100.0 Å². The molecule has 0 fully saturated rings. The average molecular weight is 1810 g/mol. The van der Waals surface area contributed by atoms with E-state index in [1.807, 2.05) is 6.26 Å². The van der Waals surface area contributed by atoms with Crippen LogP contribution in [0.15, 0.2) is 220 Å². The van der Waals surface area contributed by atoms with Crippen molar-refractivity contribution in [3.05, 3.63) is 261 Å². The Balaban J connectivity index is 0.000000194. The Kier molecular flexibility index (Phi) is 28.3. The third-order valence-electron chi connectivity index (χ3n) is 18.3. The number of rotatable bonds is 12. The number of halogens is 18. The van der Waals surface area contributed by atoms with Crippen molar-refractivity contribution in [1.82, 2.24) is 5.32 Å². The number of ketones is 2. The summed E-state index contributed by atoms with van der Waals surface area (Å²) in [5.41, 5.74) is -8.71. The third-order valence-corrected chi connectivity index (χ3v) is 20.7. The van der Waals surface area contributed by atoms with Gasteiger partial charge in [-0.25, -0.2) is 14.2 Å². The van der Waals surface area contributed by atoms with Crippen molar-refractivity contribution in [3.8, 4) is 57.0 Å². The predicted molar refractivity (Wildman–Crippen MR) is 434 cm³/mol. The molecule has 0 spiro atoms. The zero-order chi connectivity index (χ0) is 92.1. The number of nitrogens with one attached hydrogen (secondary N) is 3. The number of anilines is 2. The minimum atomic E-state index is -5.61. The van der Waals surface area contributed by atoms with E-state index in [0.29, 0.717) is 75.8 Å². The first-order valence-electron chi connectivity index (χ1n) is 36.9. The largest absolute Gasteiger partial charge is 0.584 e. The van der Waals surface area contributed by atoms with E-state index < -0.39 is 141 Å². The summed E-state index contributed by atoms with van der Waals surface area (Å²) in [4.78, 5) is 64.7. The van der Waals surface area contributed by atoms with Gasteiger partial charge >= 0.3 is 57.1 Å². The summed E-state index contributed by atoms with van der Waals surface area (Å²) >= 11 is 2.84. The van der Waals surface area contributed by atoms with Crippen LogP contribution in [-0.4, -0.2) is 58.6 Å². The Morgan fingerprint density at radius 3 is 1.35 bits per heavy atom. The maximum absolute atomic E-state index is 14.0. The van der Waals surface area contributed by atoms with Crippen LogP contribution in [0.25, 0.3) is 54.9 Å². The lowest BCUT2D eigenvalue weighted by Crippen LogP contribution is -2.37. The fraction of sp³-hybridized carbons (Fsp3) is 0.239. The number of phosphoric ester groups is 1. The monoisotopic (exact) mass is 1810 g/mol. The zero-order valence-electron chi connectivity index (χ0n) is 66.4. The number of fused-ring (bicyclic) bond motifs is 7. The van der Waals surface area contributed by atoms with Crippen LogP contribution in [0.2, 0.25) is 0 Å². The molecule has 0 bridgehead atoms. The molecule has 2 aliphatic carbocycles. The molecule has 10 aromatic carbocycles. The number of aliphatic imine (C=N–C) groups is 1. The molecule has 125 heavy (non-hydrogen) atoms. The van der Waals surface area contributed by atoms with Crippen molar-refractivity contribution in [3.63, 3.8) is 0 Å². The lowest BCUT2D eigenvalue weighted by atomic mass is 9.85. The molecule has 2 amide bonds. The first-order valence-corrected chi connectivity index (χ1v) is 40.8. The standard InChI is InChI=1S/C36H17F12O4P.C26H26F3N3O3S.C14H16N2O2S.C12H10F3NO/c37-33(38,39)21-9-19(10-22(15-21)34(40,41)42)27-13-17-5-1-3-7-25(17)29-30-26-8-4-2-6-18(26)14-28(32(30)52-53(49,50)51-31(27)29)20-11-23(35(43,44)45)16-24(12-20)36(46,47)48;1-25(2,3)35-24(34)32-23(18-9-8-15(14-30)12-21(18)36-4)22-19(10-11-20(22)33)31-17-7-5-6-16(13-17)26(27,28)29;1-14(2,3)18-13(17)16-9-11-6-5-10(8-15)7-12(11)19-4;13-12(14,15)8-2-1-3-9(6-8)16-10-4-5-11(17)7-10/h1-16H,(H,49,50);5-9,12-13,23,31H,10-11H2,1-4H3,(H,32,34);5-7,9H,1-4H3;1-3,6-7,16H,4-5H2/t;23-;;/m.1../s1. The van der Waals surface area contributed by atoms with E-state index in [4.69, 9.17) is 23.8 Å². The lowest BCUT2D eigenvalue weighted by molar-refractivity contribution is -0.144. The van der Waals surface area contributed by atoms with Gasteiger partial charge in [-0.2, -0.15) is 94.5 Å². The number of benzene rings is 10. The van der Waals surface area contributed by atoms with Crippen LogP contribution in [0.3, 0.4) is 0 Å². The van der Waals surface area contributed by atoms with Crippen LogP contribution in [0, 0.1) is 22.7 Å². The molecule has 1 aliphatic heterocycles. The summed E-state index contributed by atoms with van der Waals surface area (Å²) in [5, 5.41) is 27.2. The average Bonchev–Trinajstić information content (AvgIpc) is 1.66. The SMILES string of the molecule is CSc1cc(C#N)ccc1C=NC(=O)OC(C)(C)C.CSc1cc(C#N)ccc1[C@@H](NC(=O)OC(C)(C)C)C1=C(Nc2cccc(C(F)(F)F)c2)CCC1=O.O=C1C=C(Nc2cccc(C(F)(F)F)c2)CC1.O=P1(O)Oc2c(-c3cc(C(F)(F)F)cc(C(F)(F)F)c3)cc3ccccc3c2-c2c(c(-c3cc(C(F)(F)F)cc(C(F)(F)F)c3)cc3ccccc23)O1. The van der Waals surface area contributed by atoms with Gasteiger partial charge in [-0.05, 0) is 214 Å². The maximum atomic E-state index is 14.0. The Bertz CT molecular complexity index is 5860. The molecule has 16 nitrogen and oxygen atoms in total. The smallest absolute Gasteiger partial charge is 0.444 e. The first kappa shape index (κ1) is 95.0. The van der Waals surface area contributed by atoms with Gasteiger partial charge in [-0.15, -0.1) is 23.5 Å². The quantitative estimate of drug-likeness (QED) is 0.0385. The minimum absolute atomic E-state index is 0.000485. The van der Waals surface area contributed by atoms with Crippen LogP contribution in [-0.2, 0) is 60.7 Å². The fourth-order valence-corrected chi connectivity index (χ4v) is 15.2. The Morgan fingerprint density at radius 1 is 0.504 bits per heavy atom. The molecule has 654 valence electrons. The summed E-state index contributed by atoms with van der Waals surface area (Å²) in [6.07, 6.45) is -23.5. The van der Waals surface area contributed by atoms with Gasteiger partial charge in [0.25, 0.3) is 0 Å². The second kappa shape index (κ2) is 37.3. The number of Topliss-reactive ketones (excluding diaryl/α,β-unsaturated/α-hetero) is 1. The van der Waals surface area contributed by atoms with Crippen LogP contribution in [0.5, 0.6) is 11.5 Å². The number of nitrogens with zero attached hydrogens (tertiary/aromatic N) is 3. The van der Waals surface area contributed by atoms with Gasteiger partial charge in [-0.1, -0.05) is 72.8 Å². The number of carbonyl (C=O) groups excluding carboxylic acids is 4. The Morgan fingerprint density at radius 2 is 0.936 bits per heavy atom. The van der Waals surface area contributed by atoms with E-state index in [-0.39, 0.29) is 80.5 Å². The van der Waals surface area contributed by atoms with Gasteiger partial charge in [0.05, 0.1) is 62.7 Å². The number of allylic oxidation sites excluding steroid dienone is 3. The van der Waals surface area contributed by atoms with E-state index in [1.54, 1.807) is 90.3 Å². The number of amides is 2. The molecule has 1 atom stereocenters. The van der Waals surface area contributed by atoms with Crippen molar-refractivity contribution in [2.45, 2.75) is 131 Å². The number of phosphoric acid groups is 1. The van der Waals surface area contributed by atoms with Gasteiger partial charge < -0.3 is 34.5 Å². The molecule has 1 heterocycles. The highest BCUT2D eigenvalue weighted by molar-refractivity contribution is 7.99. The van der Waals surface area contributed by atoms with Gasteiger partial charge in [0, 0.05) is 91.1 Å². The maximum Gasteiger partial charge on any atom is 0.584 e. The number of thioether (sulfide) groups is 2. The van der Waals surface area contributed by atoms with E-state index in [0.717, 1.165) is 46.9 Å². The highest BCUT2D eigenvalue weighted by Gasteiger charge is 2.44. The molecular weight excluding hydrogens is 1740 g/mol. The number of hydrogen-bond acceptors (Lipinski definition) is 15. The number of alkyl halides is 18. The molecule has 3 aliphatic rings. The molecule has 0 radical (unpaired) electrons. The van der Waals surface area contributed by atoms with Gasteiger partial charge in [-0.3, -0.25) is 14.5 Å². The lowest BCUT2D eigenvalue weighted by Gasteiger charge is -2.26. The fourth-order valence-electron chi connectivity index (χ4n) is 13.0. The van der Waals surface area contributed by atoms with E-state index in [1.165, 1.54) is 103 Å². The van der Waals surface area contributed by atoms with E-state index in [2.05, 4.69) is 33.1 Å². The molecule has 0 aromatic heterocycles. The molecular formula is C88H69F18N6O10PS2. The normalized spacial score (nSPS) is 14.4. The summed E-state index contributed by atoms with van der Waals surface area (Å²) in [7, 11) is -5.61. The van der Waals surface area contributed by atoms with Gasteiger partial charge in [0.1, 0.15) is 22.7 Å². The summed E-state index contributed by atoms with van der Waals surface area (Å²) < 4.78 is 280. The van der Waals surface area contributed by atoms with Gasteiger partial charge in [0.2, 0.25) is 0 Å². The number of nitriles is 2. The zero-order valence-corrected chi connectivity index (χ0v) is 68.9. The second-order valence-electron chi connectivity index (χ2n) is 29.8. The summed E-state index contributed by atoms with van der Waals surface area (Å²) in [6, 6.07) is 37.9. The highest BCUT2D eigenvalue weighted by Crippen LogP contribution is 2.62. The van der Waals surface area contributed by atoms with Crippen molar-refractivity contribution in [1.29, 1.82) is 10.5 Å². The van der Waals surface area contributed by atoms with Crippen molar-refractivity contribution < 1.29 is 126 Å². The van der Waals surface area contributed by atoms with Crippen molar-refractivity contribution >= 4 is 94.2 Å². The van der Waals surface area contributed by atoms with Crippen LogP contribution < -0.4 is 25.0 Å². The predicted octanol–water partition coefficient (Wildman–Crippen LogP) is 26.5. The molecule has 0 unspecified atom stereocenters. The highest BCUT2D eigenvalue weighted by atomic mass is 32.2. The number of ether oxygens (including phenoxy) is 2.